The van der Waals surface area contributed by atoms with Gasteiger partial charge >= 0.3 is 6.09 Å². The molecule has 4 aromatic rings. The number of amides is 1. The number of anilines is 2. The van der Waals surface area contributed by atoms with Gasteiger partial charge in [0, 0.05) is 17.6 Å². The van der Waals surface area contributed by atoms with Gasteiger partial charge in [0.25, 0.3) is 0 Å². The number of carbonyl (C=O) groups excluding carboxylic acids is 1. The van der Waals surface area contributed by atoms with E-state index in [0.29, 0.717) is 31.1 Å². The largest absolute Gasteiger partial charge is 0.450 e. The van der Waals surface area contributed by atoms with Gasteiger partial charge in [0.1, 0.15) is 24.0 Å². The number of furan rings is 1. The van der Waals surface area contributed by atoms with Crippen molar-refractivity contribution in [1.82, 2.24) is 9.97 Å². The van der Waals surface area contributed by atoms with Crippen LogP contribution in [0.4, 0.5) is 16.3 Å². The molecule has 134 valence electrons. The number of aromatic nitrogens is 2. The van der Waals surface area contributed by atoms with Crippen molar-refractivity contribution in [1.29, 1.82) is 0 Å². The van der Waals surface area contributed by atoms with Gasteiger partial charge in [0.05, 0.1) is 6.54 Å². The molecule has 3 heterocycles. The summed E-state index contributed by atoms with van der Waals surface area (Å²) in [5, 5.41) is 4.28. The molecule has 2 aromatic heterocycles. The quantitative estimate of drug-likeness (QED) is 0.594. The summed E-state index contributed by atoms with van der Waals surface area (Å²) in [4.78, 5) is 22.1. The number of rotatable bonds is 4. The molecule has 27 heavy (non-hydrogen) atoms. The van der Waals surface area contributed by atoms with E-state index in [9.17, 15) is 4.79 Å². The third-order valence-corrected chi connectivity index (χ3v) is 4.60. The fourth-order valence-electron chi connectivity index (χ4n) is 3.30. The first-order valence-corrected chi connectivity index (χ1v) is 8.69. The number of carbonyl (C=O) groups is 1. The smallest absolute Gasteiger partial charge is 0.414 e. The van der Waals surface area contributed by atoms with Crippen LogP contribution in [-0.2, 0) is 11.3 Å². The van der Waals surface area contributed by atoms with Crippen molar-refractivity contribution in [2.75, 3.05) is 23.4 Å². The summed E-state index contributed by atoms with van der Waals surface area (Å²) in [6, 6.07) is 15.6. The summed E-state index contributed by atoms with van der Waals surface area (Å²) in [6.45, 7) is 1.54. The van der Waals surface area contributed by atoms with E-state index in [1.165, 1.54) is 6.33 Å². The predicted octanol–water partition coefficient (Wildman–Crippen LogP) is 3.94. The van der Waals surface area contributed by atoms with E-state index in [1.807, 2.05) is 48.5 Å². The number of hydrogen-bond acceptors (Lipinski definition) is 6. The van der Waals surface area contributed by atoms with Crippen LogP contribution < -0.4 is 10.2 Å². The number of fused-ring (bicyclic) bond motifs is 3. The molecule has 7 heteroatoms. The first-order valence-electron chi connectivity index (χ1n) is 8.69. The number of cyclic esters (lactones) is 1. The summed E-state index contributed by atoms with van der Waals surface area (Å²) in [7, 11) is 0. The van der Waals surface area contributed by atoms with E-state index in [-0.39, 0.29) is 6.09 Å². The maximum atomic E-state index is 11.8. The number of hydrogen-bond donors (Lipinski definition) is 1. The van der Waals surface area contributed by atoms with Crippen LogP contribution in [0.5, 0.6) is 0 Å². The highest BCUT2D eigenvalue weighted by molar-refractivity contribution is 6.05. The number of nitrogens with zero attached hydrogens (tertiary/aromatic N) is 3. The zero-order valence-electron chi connectivity index (χ0n) is 14.4. The summed E-state index contributed by atoms with van der Waals surface area (Å²) in [6.07, 6.45) is 1.23. The van der Waals surface area contributed by atoms with Crippen molar-refractivity contribution in [2.45, 2.75) is 6.54 Å². The molecule has 1 amide bonds. The second kappa shape index (κ2) is 6.28. The Hall–Kier alpha value is -3.61. The molecule has 1 aliphatic heterocycles. The van der Waals surface area contributed by atoms with E-state index in [4.69, 9.17) is 9.15 Å². The Bertz CT molecular complexity index is 1150. The Labute approximate surface area is 154 Å². The Morgan fingerprint density at radius 1 is 1.11 bits per heavy atom. The predicted molar refractivity (Wildman–Crippen MR) is 102 cm³/mol. The SMILES string of the molecule is O=C1OCCN1c1cccc(CNc2ncnc3c2oc2ccccc23)c1. The molecule has 0 radical (unpaired) electrons. The fourth-order valence-corrected chi connectivity index (χ4v) is 3.30. The van der Waals surface area contributed by atoms with Crippen molar-refractivity contribution in [3.05, 3.63) is 60.4 Å². The summed E-state index contributed by atoms with van der Waals surface area (Å²) >= 11 is 0. The Kier molecular flexibility index (Phi) is 3.64. The lowest BCUT2D eigenvalue weighted by molar-refractivity contribution is 0.181. The first-order chi connectivity index (χ1) is 13.3. The Balaban J connectivity index is 1.42. The number of benzene rings is 2. The molecule has 1 fully saturated rings. The van der Waals surface area contributed by atoms with Crippen LogP contribution in [0, 0.1) is 0 Å². The highest BCUT2D eigenvalue weighted by atomic mass is 16.6. The molecule has 5 rings (SSSR count). The minimum Gasteiger partial charge on any atom is -0.450 e. The molecule has 1 N–H and O–H groups in total. The van der Waals surface area contributed by atoms with Gasteiger partial charge in [-0.3, -0.25) is 4.90 Å². The van der Waals surface area contributed by atoms with Crippen LogP contribution >= 0.6 is 0 Å². The summed E-state index contributed by atoms with van der Waals surface area (Å²) < 4.78 is 10.9. The van der Waals surface area contributed by atoms with Crippen molar-refractivity contribution in [2.24, 2.45) is 0 Å². The van der Waals surface area contributed by atoms with E-state index in [1.54, 1.807) is 4.90 Å². The molecule has 1 saturated heterocycles. The molecule has 0 unspecified atom stereocenters. The lowest BCUT2D eigenvalue weighted by atomic mass is 10.2. The molecule has 0 spiro atoms. The van der Waals surface area contributed by atoms with Gasteiger partial charge in [-0.2, -0.15) is 0 Å². The van der Waals surface area contributed by atoms with Crippen molar-refractivity contribution >= 4 is 39.7 Å². The van der Waals surface area contributed by atoms with Crippen LogP contribution in [0.2, 0.25) is 0 Å². The van der Waals surface area contributed by atoms with Gasteiger partial charge in [-0.25, -0.2) is 14.8 Å². The van der Waals surface area contributed by atoms with Crippen molar-refractivity contribution in [3.63, 3.8) is 0 Å². The average Bonchev–Trinajstić information content (AvgIpc) is 3.30. The summed E-state index contributed by atoms with van der Waals surface area (Å²) in [5.41, 5.74) is 4.06. The van der Waals surface area contributed by atoms with Crippen LogP contribution in [0.1, 0.15) is 5.56 Å². The summed E-state index contributed by atoms with van der Waals surface area (Å²) in [5.74, 6) is 0.641. The van der Waals surface area contributed by atoms with E-state index in [2.05, 4.69) is 15.3 Å². The minimum absolute atomic E-state index is 0.306. The van der Waals surface area contributed by atoms with Gasteiger partial charge in [-0.05, 0) is 29.8 Å². The van der Waals surface area contributed by atoms with Crippen LogP contribution in [0.3, 0.4) is 0 Å². The maximum Gasteiger partial charge on any atom is 0.414 e. The van der Waals surface area contributed by atoms with E-state index >= 15 is 0 Å². The van der Waals surface area contributed by atoms with Crippen LogP contribution in [0.25, 0.3) is 22.1 Å². The third kappa shape index (κ3) is 2.73. The highest BCUT2D eigenvalue weighted by Crippen LogP contribution is 2.30. The zero-order chi connectivity index (χ0) is 18.2. The molecule has 2 aromatic carbocycles. The molecule has 0 aliphatic carbocycles. The fraction of sp³-hybridized carbons (Fsp3) is 0.150. The highest BCUT2D eigenvalue weighted by Gasteiger charge is 2.23. The van der Waals surface area contributed by atoms with Crippen LogP contribution in [-0.4, -0.2) is 29.2 Å². The van der Waals surface area contributed by atoms with Gasteiger partial charge in [-0.1, -0.05) is 24.3 Å². The monoisotopic (exact) mass is 360 g/mol. The molecule has 7 nitrogen and oxygen atoms in total. The molecule has 0 saturated carbocycles. The number of nitrogens with one attached hydrogen (secondary N) is 1. The molecular formula is C20H16N4O3. The zero-order valence-corrected chi connectivity index (χ0v) is 14.4. The Morgan fingerprint density at radius 2 is 2.04 bits per heavy atom. The van der Waals surface area contributed by atoms with Gasteiger partial charge in [-0.15, -0.1) is 0 Å². The van der Waals surface area contributed by atoms with Gasteiger partial charge in [0.15, 0.2) is 11.4 Å². The second-order valence-electron chi connectivity index (χ2n) is 6.29. The number of ether oxygens (including phenoxy) is 1. The van der Waals surface area contributed by atoms with E-state index in [0.717, 1.165) is 27.7 Å². The standard InChI is InChI=1S/C20H16N4O3/c25-20-24(8-9-26-20)14-5-3-4-13(10-14)11-21-19-18-17(22-12-23-19)15-6-1-2-7-16(15)27-18/h1-7,10,12H,8-9,11H2,(H,21,22,23). The Morgan fingerprint density at radius 3 is 2.93 bits per heavy atom. The molecule has 0 bridgehead atoms. The average molecular weight is 360 g/mol. The van der Waals surface area contributed by atoms with Crippen molar-refractivity contribution < 1.29 is 13.9 Å². The van der Waals surface area contributed by atoms with Crippen molar-refractivity contribution in [3.8, 4) is 0 Å². The maximum absolute atomic E-state index is 11.8. The topological polar surface area (TPSA) is 80.5 Å². The molecule has 0 atom stereocenters. The lowest BCUT2D eigenvalue weighted by Crippen LogP contribution is -2.23. The van der Waals surface area contributed by atoms with Gasteiger partial charge in [0.2, 0.25) is 0 Å². The lowest BCUT2D eigenvalue weighted by Gasteiger charge is -2.14. The second-order valence-corrected chi connectivity index (χ2v) is 6.29. The minimum atomic E-state index is -0.306. The first kappa shape index (κ1) is 15.6. The van der Waals surface area contributed by atoms with E-state index < -0.39 is 0 Å². The molecular weight excluding hydrogens is 344 g/mol. The van der Waals surface area contributed by atoms with Gasteiger partial charge < -0.3 is 14.5 Å². The molecule has 1 aliphatic rings. The number of para-hydroxylation sites is 1. The normalized spacial score (nSPS) is 14.1. The van der Waals surface area contributed by atoms with Crippen LogP contribution in [0.15, 0.2) is 59.3 Å². The third-order valence-electron chi connectivity index (χ3n) is 4.60.